The Morgan fingerprint density at radius 2 is 1.67 bits per heavy atom. The van der Waals surface area contributed by atoms with Crippen LogP contribution in [0.5, 0.6) is 0 Å². The molecule has 0 bridgehead atoms. The Hall–Kier alpha value is -1.60. The zero-order chi connectivity index (χ0) is 15.9. The van der Waals surface area contributed by atoms with Crippen LogP contribution in [0.2, 0.25) is 0 Å². The summed E-state index contributed by atoms with van der Waals surface area (Å²) in [6.45, 7) is 6.34. The molecule has 1 aromatic rings. The summed E-state index contributed by atoms with van der Waals surface area (Å²) >= 11 is 0. The van der Waals surface area contributed by atoms with E-state index in [-0.39, 0.29) is 10.5 Å². The van der Waals surface area contributed by atoms with Gasteiger partial charge in [-0.25, -0.2) is 0 Å². The van der Waals surface area contributed by atoms with E-state index in [9.17, 15) is 13.5 Å². The third kappa shape index (κ3) is 4.18. The first kappa shape index (κ1) is 17.5. The van der Waals surface area contributed by atoms with Gasteiger partial charge in [0.1, 0.15) is 0 Å². The van der Waals surface area contributed by atoms with Crippen LogP contribution in [0.1, 0.15) is 26.3 Å². The molecule has 1 aromatic carbocycles. The number of benzene rings is 1. The van der Waals surface area contributed by atoms with E-state index < -0.39 is 16.3 Å². The predicted molar refractivity (Wildman–Crippen MR) is 79.5 cm³/mol. The molecule has 0 spiro atoms. The van der Waals surface area contributed by atoms with Gasteiger partial charge in [-0.1, -0.05) is 34.7 Å². The minimum absolute atomic E-state index is 0.00304. The number of ether oxygens (including phenoxy) is 1. The van der Waals surface area contributed by atoms with Crippen LogP contribution in [0, 0.1) is 0 Å². The molecule has 0 aliphatic heterocycles. The molecule has 118 valence electrons. The first-order chi connectivity index (χ1) is 9.90. The molecule has 0 atom stereocenters. The highest BCUT2D eigenvalue weighted by atomic mass is 32.2. The lowest BCUT2D eigenvalue weighted by molar-refractivity contribution is -0.800. The van der Waals surface area contributed by atoms with Crippen LogP contribution in [0.25, 0.3) is 0 Å². The SMILES string of the molecule is CC[N+](CC)(CC)S(=O)(=O)N=C([O-])OCc1ccccc1. The monoisotopic (exact) mass is 314 g/mol. The fourth-order valence-electron chi connectivity index (χ4n) is 2.09. The number of rotatable bonds is 7. The maximum atomic E-state index is 12.3. The summed E-state index contributed by atoms with van der Waals surface area (Å²) in [5, 5.41) is 11.6. The second-order valence-corrected chi connectivity index (χ2v) is 6.44. The summed E-state index contributed by atoms with van der Waals surface area (Å²) < 4.78 is 32.5. The number of quaternary nitrogens is 1. The molecule has 0 saturated carbocycles. The fraction of sp³-hybridized carbons (Fsp3) is 0.500. The van der Waals surface area contributed by atoms with E-state index in [1.54, 1.807) is 32.9 Å². The van der Waals surface area contributed by atoms with Gasteiger partial charge in [-0.15, -0.1) is 8.42 Å². The van der Waals surface area contributed by atoms with Crippen molar-refractivity contribution in [2.45, 2.75) is 27.4 Å². The van der Waals surface area contributed by atoms with Crippen LogP contribution in [-0.4, -0.2) is 38.0 Å². The van der Waals surface area contributed by atoms with Gasteiger partial charge in [0.2, 0.25) is 0 Å². The Kier molecular flexibility index (Phi) is 6.17. The van der Waals surface area contributed by atoms with Gasteiger partial charge in [0.15, 0.2) is 6.08 Å². The minimum Gasteiger partial charge on any atom is -0.595 e. The van der Waals surface area contributed by atoms with Crippen molar-refractivity contribution in [3.05, 3.63) is 35.9 Å². The Bertz CT molecular complexity index is 558. The van der Waals surface area contributed by atoms with Crippen molar-refractivity contribution >= 4 is 16.3 Å². The number of nitrogens with zero attached hydrogens (tertiary/aromatic N) is 2. The Balaban J connectivity index is 2.85. The molecule has 0 saturated heterocycles. The predicted octanol–water partition coefficient (Wildman–Crippen LogP) is 1.04. The molecule has 1 rings (SSSR count). The summed E-state index contributed by atoms with van der Waals surface area (Å²) in [6, 6.07) is 9.03. The van der Waals surface area contributed by atoms with Crippen molar-refractivity contribution in [3.63, 3.8) is 0 Å². The highest BCUT2D eigenvalue weighted by Gasteiger charge is 2.37. The van der Waals surface area contributed by atoms with Crippen molar-refractivity contribution in [1.82, 2.24) is 0 Å². The average Bonchev–Trinajstić information content (AvgIpc) is 2.48. The van der Waals surface area contributed by atoms with E-state index in [2.05, 4.69) is 4.40 Å². The van der Waals surface area contributed by atoms with Crippen LogP contribution >= 0.6 is 0 Å². The zero-order valence-electron chi connectivity index (χ0n) is 12.7. The van der Waals surface area contributed by atoms with Gasteiger partial charge in [0, 0.05) is 6.61 Å². The quantitative estimate of drug-likeness (QED) is 0.428. The van der Waals surface area contributed by atoms with Crippen LogP contribution in [0.4, 0.5) is 0 Å². The van der Waals surface area contributed by atoms with Crippen LogP contribution in [0.3, 0.4) is 0 Å². The van der Waals surface area contributed by atoms with E-state index in [1.165, 1.54) is 0 Å². The standard InChI is InChI=1S/C14H22N2O4S/c1-4-16(5-2,6-3)21(18,19)15-14(17)20-12-13-10-8-7-9-11-13/h7-11H,4-6,12H2,1-3H3. The fourth-order valence-corrected chi connectivity index (χ4v) is 3.48. The summed E-state index contributed by atoms with van der Waals surface area (Å²) in [4.78, 5) is 0. The molecular formula is C14H22N2O4S. The van der Waals surface area contributed by atoms with Crippen molar-refractivity contribution in [1.29, 1.82) is 0 Å². The second-order valence-electron chi connectivity index (χ2n) is 4.59. The van der Waals surface area contributed by atoms with Crippen molar-refractivity contribution in [2.24, 2.45) is 4.40 Å². The van der Waals surface area contributed by atoms with Crippen molar-refractivity contribution in [3.8, 4) is 0 Å². The Morgan fingerprint density at radius 1 is 1.14 bits per heavy atom. The van der Waals surface area contributed by atoms with Crippen molar-refractivity contribution in [2.75, 3.05) is 19.6 Å². The van der Waals surface area contributed by atoms with Crippen molar-refractivity contribution < 1.29 is 22.1 Å². The van der Waals surface area contributed by atoms with E-state index in [1.807, 2.05) is 18.2 Å². The summed E-state index contributed by atoms with van der Waals surface area (Å²) in [6.07, 6.45) is -1.07. The molecule has 0 heterocycles. The highest BCUT2D eigenvalue weighted by molar-refractivity contribution is 7.84. The Labute approximate surface area is 126 Å². The highest BCUT2D eigenvalue weighted by Crippen LogP contribution is 2.16. The van der Waals surface area contributed by atoms with Gasteiger partial charge in [-0.3, -0.25) is 0 Å². The third-order valence-corrected chi connectivity index (χ3v) is 5.75. The molecule has 0 radical (unpaired) electrons. The topological polar surface area (TPSA) is 78.8 Å². The molecule has 6 nitrogen and oxygen atoms in total. The van der Waals surface area contributed by atoms with Gasteiger partial charge in [0.25, 0.3) is 0 Å². The normalized spacial score (nSPS) is 13.2. The smallest absolute Gasteiger partial charge is 0.416 e. The van der Waals surface area contributed by atoms with Crippen LogP contribution in [0.15, 0.2) is 34.7 Å². The van der Waals surface area contributed by atoms with Gasteiger partial charge < -0.3 is 9.84 Å². The first-order valence-corrected chi connectivity index (χ1v) is 8.35. The van der Waals surface area contributed by atoms with E-state index in [0.29, 0.717) is 19.6 Å². The lowest BCUT2D eigenvalue weighted by Gasteiger charge is -2.31. The van der Waals surface area contributed by atoms with Gasteiger partial charge in [-0.2, -0.15) is 3.89 Å². The number of hydrogen-bond donors (Lipinski definition) is 0. The molecule has 7 heteroatoms. The van der Waals surface area contributed by atoms with Gasteiger partial charge in [0.05, 0.1) is 19.6 Å². The largest absolute Gasteiger partial charge is 0.595 e. The lowest BCUT2D eigenvalue weighted by atomic mass is 10.2. The molecule has 0 unspecified atom stereocenters. The van der Waals surface area contributed by atoms with E-state index in [0.717, 1.165) is 5.56 Å². The van der Waals surface area contributed by atoms with Crippen LogP contribution < -0.4 is 5.11 Å². The summed E-state index contributed by atoms with van der Waals surface area (Å²) in [7, 11) is -3.95. The zero-order valence-corrected chi connectivity index (χ0v) is 13.5. The molecule has 0 fully saturated rings. The molecular weight excluding hydrogens is 292 g/mol. The summed E-state index contributed by atoms with van der Waals surface area (Å²) in [5.41, 5.74) is 0.778. The molecule has 0 aromatic heterocycles. The first-order valence-electron chi connectivity index (χ1n) is 6.95. The molecule has 21 heavy (non-hydrogen) atoms. The number of hydrogen-bond acceptors (Lipinski definition) is 4. The van der Waals surface area contributed by atoms with E-state index in [4.69, 9.17) is 4.74 Å². The van der Waals surface area contributed by atoms with E-state index >= 15 is 0 Å². The minimum atomic E-state index is -3.95. The Morgan fingerprint density at radius 3 is 2.14 bits per heavy atom. The lowest BCUT2D eigenvalue weighted by Crippen LogP contribution is -2.51. The molecule has 0 N–H and O–H groups in total. The maximum Gasteiger partial charge on any atom is 0.416 e. The summed E-state index contributed by atoms with van der Waals surface area (Å²) in [5.74, 6) is 0. The third-order valence-electron chi connectivity index (χ3n) is 3.61. The van der Waals surface area contributed by atoms with Gasteiger partial charge in [-0.05, 0) is 26.3 Å². The maximum absolute atomic E-state index is 12.3. The second kappa shape index (κ2) is 7.42. The van der Waals surface area contributed by atoms with Crippen LogP contribution in [-0.2, 0) is 21.6 Å². The average molecular weight is 314 g/mol. The molecule has 0 amide bonds. The molecule has 0 aliphatic carbocycles. The molecule has 0 aliphatic rings. The van der Waals surface area contributed by atoms with Gasteiger partial charge >= 0.3 is 10.2 Å².